The van der Waals surface area contributed by atoms with E-state index in [0.29, 0.717) is 45.0 Å². The molecule has 158 valence electrons. The largest absolute Gasteiger partial charge is 0.448 e. The van der Waals surface area contributed by atoms with Crippen molar-refractivity contribution in [2.75, 3.05) is 45.9 Å². The van der Waals surface area contributed by atoms with Crippen LogP contribution in [0.5, 0.6) is 0 Å². The van der Waals surface area contributed by atoms with Gasteiger partial charge >= 0.3 is 6.09 Å². The molecule has 29 heavy (non-hydrogen) atoms. The molecule has 0 saturated carbocycles. The lowest BCUT2D eigenvalue weighted by Gasteiger charge is -2.20. The highest BCUT2D eigenvalue weighted by Gasteiger charge is 2.30. The highest BCUT2D eigenvalue weighted by molar-refractivity contribution is 5.83. The van der Waals surface area contributed by atoms with Crippen LogP contribution in [0, 0.1) is 5.92 Å². The minimum Gasteiger partial charge on any atom is -0.448 e. The molecule has 1 aromatic carbocycles. The summed E-state index contributed by atoms with van der Waals surface area (Å²) in [6.07, 6.45) is 2.32. The lowest BCUT2D eigenvalue weighted by Crippen LogP contribution is -2.39. The van der Waals surface area contributed by atoms with Gasteiger partial charge in [0, 0.05) is 26.2 Å². The highest BCUT2D eigenvalue weighted by atomic mass is 16.6. The number of carbonyl (C=O) groups is 3. The predicted octanol–water partition coefficient (Wildman–Crippen LogP) is 0.571. The van der Waals surface area contributed by atoms with Crippen LogP contribution in [0.4, 0.5) is 4.79 Å². The Hall–Kier alpha value is -2.61. The molecule has 2 N–H and O–H groups in total. The molecule has 2 heterocycles. The van der Waals surface area contributed by atoms with E-state index >= 15 is 0 Å². The third-order valence-corrected chi connectivity index (χ3v) is 5.38. The quantitative estimate of drug-likeness (QED) is 0.588. The average molecular weight is 403 g/mol. The Labute approximate surface area is 170 Å². The van der Waals surface area contributed by atoms with Crippen LogP contribution >= 0.6 is 0 Å². The number of rotatable bonds is 9. The Morgan fingerprint density at radius 1 is 1.17 bits per heavy atom. The molecule has 2 aliphatic rings. The van der Waals surface area contributed by atoms with Gasteiger partial charge < -0.3 is 20.1 Å². The normalized spacial score (nSPS) is 18.8. The maximum atomic E-state index is 12.4. The van der Waals surface area contributed by atoms with E-state index in [1.54, 1.807) is 0 Å². The topological polar surface area (TPSA) is 99.2 Å². The van der Waals surface area contributed by atoms with Gasteiger partial charge in [-0.25, -0.2) is 4.79 Å². The molecule has 0 aliphatic carbocycles. The van der Waals surface area contributed by atoms with Crippen LogP contribution in [0.25, 0.3) is 0 Å². The van der Waals surface area contributed by atoms with Gasteiger partial charge in [-0.3, -0.25) is 14.5 Å². The first kappa shape index (κ1) is 21.1. The molecule has 8 nitrogen and oxygen atoms in total. The Balaban J connectivity index is 1.42. The number of likely N-dealkylation sites (tertiary alicyclic amines) is 1. The molecule has 0 spiro atoms. The summed E-state index contributed by atoms with van der Waals surface area (Å²) in [6, 6.07) is 8.03. The third kappa shape index (κ3) is 6.19. The number of hydrogen-bond acceptors (Lipinski definition) is 5. The molecule has 0 radical (unpaired) electrons. The van der Waals surface area contributed by atoms with Crippen molar-refractivity contribution >= 4 is 17.9 Å². The van der Waals surface area contributed by atoms with E-state index in [-0.39, 0.29) is 25.0 Å². The maximum absolute atomic E-state index is 12.4. The number of hydrogen-bond donors (Lipinski definition) is 2. The number of aliphatic hydroxyl groups excluding tert-OH is 1. The smallest absolute Gasteiger partial charge is 0.410 e. The Bertz CT molecular complexity index is 722. The molecule has 1 aromatic rings. The Kier molecular flexibility index (Phi) is 7.46. The molecular weight excluding hydrogens is 374 g/mol. The molecule has 1 atom stereocenters. The number of cyclic esters (lactones) is 1. The molecule has 0 bridgehead atoms. The summed E-state index contributed by atoms with van der Waals surface area (Å²) >= 11 is 0. The summed E-state index contributed by atoms with van der Waals surface area (Å²) in [6.45, 7) is 2.92. The van der Waals surface area contributed by atoms with Crippen LogP contribution in [0.2, 0.25) is 0 Å². The first-order chi connectivity index (χ1) is 14.0. The van der Waals surface area contributed by atoms with Crippen molar-refractivity contribution < 1.29 is 24.2 Å². The molecule has 8 heteroatoms. The van der Waals surface area contributed by atoms with Crippen LogP contribution in [0.15, 0.2) is 24.3 Å². The summed E-state index contributed by atoms with van der Waals surface area (Å²) in [5.74, 6) is 0.337. The van der Waals surface area contributed by atoms with E-state index in [2.05, 4.69) is 5.32 Å². The van der Waals surface area contributed by atoms with Gasteiger partial charge in [-0.15, -0.1) is 0 Å². The van der Waals surface area contributed by atoms with Crippen LogP contribution in [-0.4, -0.2) is 78.8 Å². The second-order valence-electron chi connectivity index (χ2n) is 7.65. The molecule has 2 aliphatic heterocycles. The molecule has 2 saturated heterocycles. The van der Waals surface area contributed by atoms with Crippen molar-refractivity contribution in [3.8, 4) is 0 Å². The fourth-order valence-electron chi connectivity index (χ4n) is 3.74. The zero-order chi connectivity index (χ0) is 20.6. The molecule has 0 aromatic heterocycles. The van der Waals surface area contributed by atoms with Crippen molar-refractivity contribution in [1.29, 1.82) is 0 Å². The van der Waals surface area contributed by atoms with Gasteiger partial charge in [-0.2, -0.15) is 0 Å². The predicted molar refractivity (Wildman–Crippen MR) is 106 cm³/mol. The fourth-order valence-corrected chi connectivity index (χ4v) is 3.74. The molecule has 1 unspecified atom stereocenters. The van der Waals surface area contributed by atoms with Crippen molar-refractivity contribution in [3.63, 3.8) is 0 Å². The van der Waals surface area contributed by atoms with Gasteiger partial charge in [0.15, 0.2) is 0 Å². The minimum absolute atomic E-state index is 0.0195. The standard InChI is InChI=1S/C21H29N3O5/c25-10-1-7-22-19(26)13-17-4-2-16(3-5-17)12-18-6-8-23(14-18)20(27)15-24-9-11-29-21(24)28/h2-5,18,25H,1,6-15H2,(H,22,26). The summed E-state index contributed by atoms with van der Waals surface area (Å²) in [7, 11) is 0. The van der Waals surface area contributed by atoms with Gasteiger partial charge in [0.25, 0.3) is 0 Å². The number of carbonyl (C=O) groups excluding carboxylic acids is 3. The van der Waals surface area contributed by atoms with Crippen molar-refractivity contribution in [2.45, 2.75) is 25.7 Å². The van der Waals surface area contributed by atoms with Crippen molar-refractivity contribution in [3.05, 3.63) is 35.4 Å². The number of amides is 3. The summed E-state index contributed by atoms with van der Waals surface area (Å²) < 4.78 is 4.87. The van der Waals surface area contributed by atoms with Gasteiger partial charge in [-0.05, 0) is 36.3 Å². The monoisotopic (exact) mass is 403 g/mol. The lowest BCUT2D eigenvalue weighted by molar-refractivity contribution is -0.130. The van der Waals surface area contributed by atoms with Gasteiger partial charge in [0.2, 0.25) is 11.8 Å². The number of nitrogens with zero attached hydrogens (tertiary/aromatic N) is 2. The molecule has 3 amide bonds. The summed E-state index contributed by atoms with van der Waals surface area (Å²) in [5.41, 5.74) is 2.15. The summed E-state index contributed by atoms with van der Waals surface area (Å²) in [4.78, 5) is 39.0. The maximum Gasteiger partial charge on any atom is 0.410 e. The van der Waals surface area contributed by atoms with Crippen molar-refractivity contribution in [1.82, 2.24) is 15.1 Å². The molecule has 2 fully saturated rings. The summed E-state index contributed by atoms with van der Waals surface area (Å²) in [5, 5.41) is 11.5. The molecular formula is C21H29N3O5. The Morgan fingerprint density at radius 2 is 1.93 bits per heavy atom. The van der Waals surface area contributed by atoms with E-state index in [4.69, 9.17) is 9.84 Å². The average Bonchev–Trinajstić information content (AvgIpc) is 3.33. The zero-order valence-corrected chi connectivity index (χ0v) is 16.6. The number of aliphatic hydroxyl groups is 1. The fraction of sp³-hybridized carbons (Fsp3) is 0.571. The van der Waals surface area contributed by atoms with E-state index in [1.807, 2.05) is 29.2 Å². The number of nitrogens with one attached hydrogen (secondary N) is 1. The second-order valence-corrected chi connectivity index (χ2v) is 7.65. The van der Waals surface area contributed by atoms with Crippen LogP contribution < -0.4 is 5.32 Å². The van der Waals surface area contributed by atoms with Crippen molar-refractivity contribution in [2.24, 2.45) is 5.92 Å². The number of ether oxygens (including phenoxy) is 1. The van der Waals surface area contributed by atoms with Gasteiger partial charge in [0.1, 0.15) is 13.2 Å². The van der Waals surface area contributed by atoms with E-state index in [0.717, 1.165) is 24.9 Å². The first-order valence-corrected chi connectivity index (χ1v) is 10.2. The van der Waals surface area contributed by atoms with Crippen LogP contribution in [-0.2, 0) is 27.2 Å². The van der Waals surface area contributed by atoms with E-state index < -0.39 is 6.09 Å². The van der Waals surface area contributed by atoms with Gasteiger partial charge in [-0.1, -0.05) is 24.3 Å². The van der Waals surface area contributed by atoms with Crippen LogP contribution in [0.1, 0.15) is 24.0 Å². The molecule has 3 rings (SSSR count). The van der Waals surface area contributed by atoms with E-state index in [1.165, 1.54) is 10.5 Å². The lowest BCUT2D eigenvalue weighted by atomic mass is 9.97. The van der Waals surface area contributed by atoms with E-state index in [9.17, 15) is 14.4 Å². The van der Waals surface area contributed by atoms with Crippen LogP contribution in [0.3, 0.4) is 0 Å². The minimum atomic E-state index is -0.406. The van der Waals surface area contributed by atoms with Gasteiger partial charge in [0.05, 0.1) is 13.0 Å². The number of benzene rings is 1. The third-order valence-electron chi connectivity index (χ3n) is 5.38. The first-order valence-electron chi connectivity index (χ1n) is 10.2. The second kappa shape index (κ2) is 10.2. The highest BCUT2D eigenvalue weighted by Crippen LogP contribution is 2.22. The zero-order valence-electron chi connectivity index (χ0n) is 16.6. The SMILES string of the molecule is O=C(Cc1ccc(CC2CCN(C(=O)CN3CCOC3=O)C2)cc1)NCCCO. The Morgan fingerprint density at radius 3 is 2.62 bits per heavy atom.